The monoisotopic (exact) mass is 1030 g/mol. The van der Waals surface area contributed by atoms with E-state index in [1.165, 1.54) is 199 Å². The van der Waals surface area contributed by atoms with Crippen LogP contribution in [0.15, 0.2) is 60.8 Å². The molecule has 6 heteroatoms. The topological polar surface area (TPSA) is 78.9 Å². The van der Waals surface area contributed by atoms with Gasteiger partial charge in [0.15, 0.2) is 6.10 Å². The van der Waals surface area contributed by atoms with E-state index in [0.717, 1.165) is 96.3 Å². The highest BCUT2D eigenvalue weighted by atomic mass is 16.6. The minimum Gasteiger partial charge on any atom is -0.462 e. The Morgan fingerprint density at radius 2 is 0.527 bits per heavy atom. The van der Waals surface area contributed by atoms with Crippen LogP contribution in [0.3, 0.4) is 0 Å². The first-order chi connectivity index (χ1) is 36.5. The third-order valence-electron chi connectivity index (χ3n) is 14.3. The number of ether oxygens (including phenoxy) is 3. The van der Waals surface area contributed by atoms with Crippen molar-refractivity contribution in [2.24, 2.45) is 0 Å². The molecule has 0 saturated carbocycles. The zero-order chi connectivity index (χ0) is 53.6. The summed E-state index contributed by atoms with van der Waals surface area (Å²) in [6.45, 7) is 6.58. The van der Waals surface area contributed by atoms with Crippen LogP contribution in [0.5, 0.6) is 0 Å². The maximum absolute atomic E-state index is 12.9. The van der Waals surface area contributed by atoms with E-state index in [0.29, 0.717) is 19.3 Å². The van der Waals surface area contributed by atoms with Crippen molar-refractivity contribution in [3.63, 3.8) is 0 Å². The van der Waals surface area contributed by atoms with Crippen molar-refractivity contribution in [1.82, 2.24) is 0 Å². The van der Waals surface area contributed by atoms with Crippen molar-refractivity contribution in [3.05, 3.63) is 60.8 Å². The van der Waals surface area contributed by atoms with E-state index in [2.05, 4.69) is 81.5 Å². The normalized spacial score (nSPS) is 12.4. The SMILES string of the molecule is CC/C=C\C/C=C\C/C=C\C/C=C\C/C=C\CCCCCCCCCCCC(=O)OCC(COC(=O)CCCCCCCCCCCCCCCCC)OC(=O)CCCCCCCCCCCCCCCCCC. The van der Waals surface area contributed by atoms with Crippen LogP contribution in [0.2, 0.25) is 0 Å². The van der Waals surface area contributed by atoms with Gasteiger partial charge in [0, 0.05) is 19.3 Å². The first-order valence-electron chi connectivity index (χ1n) is 32.3. The molecule has 1 atom stereocenters. The van der Waals surface area contributed by atoms with E-state index in [4.69, 9.17) is 14.2 Å². The second kappa shape index (κ2) is 62.6. The van der Waals surface area contributed by atoms with Crippen molar-refractivity contribution < 1.29 is 28.6 Å². The molecule has 0 aliphatic rings. The van der Waals surface area contributed by atoms with Gasteiger partial charge in [0.1, 0.15) is 13.2 Å². The molecule has 0 heterocycles. The molecular formula is C68H122O6. The predicted molar refractivity (Wildman–Crippen MR) is 321 cm³/mol. The van der Waals surface area contributed by atoms with E-state index < -0.39 is 6.10 Å². The summed E-state index contributed by atoms with van der Waals surface area (Å²) in [4.78, 5) is 38.3. The van der Waals surface area contributed by atoms with Crippen molar-refractivity contribution >= 4 is 17.9 Å². The largest absolute Gasteiger partial charge is 0.462 e. The Balaban J connectivity index is 4.30. The van der Waals surface area contributed by atoms with Crippen molar-refractivity contribution in [2.75, 3.05) is 13.2 Å². The Bertz CT molecular complexity index is 1330. The molecular weight excluding hydrogens is 913 g/mol. The lowest BCUT2D eigenvalue weighted by Crippen LogP contribution is -2.30. The second-order valence-electron chi connectivity index (χ2n) is 21.7. The van der Waals surface area contributed by atoms with Gasteiger partial charge < -0.3 is 14.2 Å². The summed E-state index contributed by atoms with van der Waals surface area (Å²) in [5.74, 6) is -0.855. The summed E-state index contributed by atoms with van der Waals surface area (Å²) in [6.07, 6.45) is 79.3. The first kappa shape index (κ1) is 71.1. The molecule has 0 rings (SSSR count). The molecule has 0 aromatic rings. The molecule has 74 heavy (non-hydrogen) atoms. The summed E-state index contributed by atoms with van der Waals surface area (Å²) in [5, 5.41) is 0. The van der Waals surface area contributed by atoms with E-state index in [1.807, 2.05) is 0 Å². The van der Waals surface area contributed by atoms with Crippen LogP contribution < -0.4 is 0 Å². The third kappa shape index (κ3) is 60.0. The van der Waals surface area contributed by atoms with Gasteiger partial charge in [-0.2, -0.15) is 0 Å². The number of hydrogen-bond acceptors (Lipinski definition) is 6. The Morgan fingerprint density at radius 3 is 0.824 bits per heavy atom. The molecule has 0 spiro atoms. The zero-order valence-corrected chi connectivity index (χ0v) is 49.4. The number of carbonyl (C=O) groups excluding carboxylic acids is 3. The van der Waals surface area contributed by atoms with Crippen molar-refractivity contribution in [3.8, 4) is 0 Å². The van der Waals surface area contributed by atoms with Crippen LogP contribution in [-0.4, -0.2) is 37.2 Å². The van der Waals surface area contributed by atoms with Gasteiger partial charge in [-0.1, -0.05) is 313 Å². The van der Waals surface area contributed by atoms with Crippen molar-refractivity contribution in [2.45, 2.75) is 341 Å². The summed E-state index contributed by atoms with van der Waals surface area (Å²) in [7, 11) is 0. The lowest BCUT2D eigenvalue weighted by molar-refractivity contribution is -0.167. The quantitative estimate of drug-likeness (QED) is 0.0261. The van der Waals surface area contributed by atoms with Crippen LogP contribution in [-0.2, 0) is 28.6 Å². The molecule has 1 unspecified atom stereocenters. The zero-order valence-electron chi connectivity index (χ0n) is 49.4. The molecule has 0 N–H and O–H groups in total. The van der Waals surface area contributed by atoms with Crippen molar-refractivity contribution in [1.29, 1.82) is 0 Å². The van der Waals surface area contributed by atoms with E-state index in [9.17, 15) is 14.4 Å². The number of rotatable bonds is 59. The highest BCUT2D eigenvalue weighted by Crippen LogP contribution is 2.17. The standard InChI is InChI=1S/C68H122O6/c1-4-7-10-13-16-19-22-25-28-30-31-32-33-34-35-36-37-38-41-43-46-49-52-55-58-61-67(70)73-64-65(63-72-66(69)60-57-54-51-48-45-42-39-27-24-21-18-15-12-9-6-3)74-68(71)62-59-56-53-50-47-44-40-29-26-23-20-17-14-11-8-5-2/h7,10,16,19,25,28,31-32,34-35,65H,4-6,8-9,11-15,17-18,20-24,26-27,29-30,33,36-64H2,1-3H3/b10-7-,19-16-,28-25-,32-31-,35-34-. The maximum Gasteiger partial charge on any atom is 0.306 e. The summed E-state index contributed by atoms with van der Waals surface area (Å²) in [6, 6.07) is 0. The Morgan fingerprint density at radius 1 is 0.284 bits per heavy atom. The summed E-state index contributed by atoms with van der Waals surface area (Å²) < 4.78 is 16.9. The molecule has 0 aliphatic heterocycles. The van der Waals surface area contributed by atoms with Gasteiger partial charge in [0.2, 0.25) is 0 Å². The summed E-state index contributed by atoms with van der Waals surface area (Å²) >= 11 is 0. The molecule has 0 radical (unpaired) electrons. The highest BCUT2D eigenvalue weighted by molar-refractivity contribution is 5.71. The number of unbranched alkanes of at least 4 members (excludes halogenated alkanes) is 38. The number of hydrogen-bond donors (Lipinski definition) is 0. The molecule has 6 nitrogen and oxygen atoms in total. The van der Waals surface area contributed by atoms with Gasteiger partial charge in [-0.3, -0.25) is 14.4 Å². The van der Waals surface area contributed by atoms with E-state index in [-0.39, 0.29) is 31.1 Å². The fraction of sp³-hybridized carbons (Fsp3) is 0.809. The van der Waals surface area contributed by atoms with Gasteiger partial charge in [0.05, 0.1) is 0 Å². The van der Waals surface area contributed by atoms with Crippen LogP contribution in [0.25, 0.3) is 0 Å². The van der Waals surface area contributed by atoms with E-state index >= 15 is 0 Å². The average Bonchev–Trinajstić information content (AvgIpc) is 3.40. The first-order valence-corrected chi connectivity index (χ1v) is 32.3. The van der Waals surface area contributed by atoms with Crippen LogP contribution in [0, 0.1) is 0 Å². The maximum atomic E-state index is 12.9. The molecule has 430 valence electrons. The fourth-order valence-corrected chi connectivity index (χ4v) is 9.47. The molecule has 0 aliphatic carbocycles. The Hall–Kier alpha value is -2.89. The smallest absolute Gasteiger partial charge is 0.306 e. The Kier molecular flexibility index (Phi) is 60.2. The molecule has 0 aromatic carbocycles. The second-order valence-corrected chi connectivity index (χ2v) is 21.7. The lowest BCUT2D eigenvalue weighted by atomic mass is 10.0. The van der Waals surface area contributed by atoms with Gasteiger partial charge in [-0.05, 0) is 64.2 Å². The minimum absolute atomic E-state index is 0.0705. The average molecular weight is 1040 g/mol. The van der Waals surface area contributed by atoms with Gasteiger partial charge in [-0.15, -0.1) is 0 Å². The van der Waals surface area contributed by atoms with Crippen LogP contribution >= 0.6 is 0 Å². The molecule has 0 saturated heterocycles. The van der Waals surface area contributed by atoms with E-state index in [1.54, 1.807) is 0 Å². The number of esters is 3. The van der Waals surface area contributed by atoms with Gasteiger partial charge in [0.25, 0.3) is 0 Å². The Labute approximate surface area is 460 Å². The summed E-state index contributed by atoms with van der Waals surface area (Å²) in [5.41, 5.74) is 0. The van der Waals surface area contributed by atoms with Gasteiger partial charge in [-0.25, -0.2) is 0 Å². The number of carbonyl (C=O) groups is 3. The minimum atomic E-state index is -0.773. The molecule has 0 fully saturated rings. The molecule has 0 aromatic heterocycles. The molecule has 0 bridgehead atoms. The van der Waals surface area contributed by atoms with Crippen LogP contribution in [0.4, 0.5) is 0 Å². The highest BCUT2D eigenvalue weighted by Gasteiger charge is 2.19. The molecule has 0 amide bonds. The fourth-order valence-electron chi connectivity index (χ4n) is 9.47. The van der Waals surface area contributed by atoms with Gasteiger partial charge >= 0.3 is 17.9 Å². The van der Waals surface area contributed by atoms with Crippen LogP contribution in [0.1, 0.15) is 335 Å². The third-order valence-corrected chi connectivity index (χ3v) is 14.3. The predicted octanol–water partition coefficient (Wildman–Crippen LogP) is 21.9. The number of allylic oxidation sites excluding steroid dienone is 10. The lowest BCUT2D eigenvalue weighted by Gasteiger charge is -2.18.